The van der Waals surface area contributed by atoms with Gasteiger partial charge < -0.3 is 15.0 Å². The number of ether oxygens (including phenoxy) is 1. The van der Waals surface area contributed by atoms with Gasteiger partial charge >= 0.3 is 0 Å². The second kappa shape index (κ2) is 7.31. The van der Waals surface area contributed by atoms with Crippen LogP contribution in [-0.4, -0.2) is 27.2 Å². The smallest absolute Gasteiger partial charge is 0.119 e. The van der Waals surface area contributed by atoms with Gasteiger partial charge in [-0.05, 0) is 48.2 Å². The van der Waals surface area contributed by atoms with Crippen molar-refractivity contribution in [2.24, 2.45) is 0 Å². The molecule has 0 bridgehead atoms. The van der Waals surface area contributed by atoms with Crippen molar-refractivity contribution in [2.75, 3.05) is 32.1 Å². The van der Waals surface area contributed by atoms with Gasteiger partial charge in [0.2, 0.25) is 0 Å². The predicted molar refractivity (Wildman–Crippen MR) is 87.0 cm³/mol. The maximum absolute atomic E-state index is 5.17. The lowest BCUT2D eigenvalue weighted by Gasteiger charge is -2.19. The zero-order chi connectivity index (χ0) is 14.4. The van der Waals surface area contributed by atoms with Gasteiger partial charge in [-0.1, -0.05) is 0 Å². The van der Waals surface area contributed by atoms with E-state index in [1.807, 2.05) is 23.5 Å². The molecule has 1 heterocycles. The number of aryl methyl sites for hydroxylation is 1. The molecular formula is C16H22N2OS. The maximum Gasteiger partial charge on any atom is 0.119 e. The summed E-state index contributed by atoms with van der Waals surface area (Å²) in [4.78, 5) is 3.67. The van der Waals surface area contributed by atoms with Crippen LogP contribution in [0.15, 0.2) is 35.7 Å². The van der Waals surface area contributed by atoms with Crippen molar-refractivity contribution in [1.82, 2.24) is 5.32 Å². The molecule has 0 aliphatic heterocycles. The number of benzene rings is 1. The van der Waals surface area contributed by atoms with Crippen molar-refractivity contribution in [3.05, 3.63) is 46.2 Å². The van der Waals surface area contributed by atoms with Crippen molar-refractivity contribution in [3.63, 3.8) is 0 Å². The van der Waals surface area contributed by atoms with Crippen molar-refractivity contribution in [2.45, 2.75) is 13.5 Å². The normalized spacial score (nSPS) is 10.6. The number of anilines is 1. The van der Waals surface area contributed by atoms with Gasteiger partial charge in [-0.15, -0.1) is 11.3 Å². The molecule has 0 amide bonds. The summed E-state index contributed by atoms with van der Waals surface area (Å²) in [6.45, 7) is 5.08. The van der Waals surface area contributed by atoms with Crippen molar-refractivity contribution < 1.29 is 4.74 Å². The number of thiophene rings is 1. The van der Waals surface area contributed by atoms with Gasteiger partial charge in [0.25, 0.3) is 0 Å². The quantitative estimate of drug-likeness (QED) is 0.792. The summed E-state index contributed by atoms with van der Waals surface area (Å²) in [5, 5.41) is 5.64. The lowest BCUT2D eigenvalue weighted by Crippen LogP contribution is -2.28. The Bertz CT molecular complexity index is 522. The SMILES string of the molecule is COc1ccc(N(C)CCNCc2sccc2C)cc1. The van der Waals surface area contributed by atoms with Gasteiger partial charge in [-0.25, -0.2) is 0 Å². The second-order valence-corrected chi connectivity index (χ2v) is 5.82. The minimum absolute atomic E-state index is 0.897. The molecule has 2 aromatic rings. The van der Waals surface area contributed by atoms with E-state index in [0.29, 0.717) is 0 Å². The molecule has 3 nitrogen and oxygen atoms in total. The first-order valence-corrected chi connectivity index (χ1v) is 7.67. The van der Waals surface area contributed by atoms with Gasteiger partial charge in [-0.2, -0.15) is 0 Å². The molecule has 0 atom stereocenters. The summed E-state index contributed by atoms with van der Waals surface area (Å²) in [7, 11) is 3.80. The van der Waals surface area contributed by atoms with Gasteiger partial charge in [0, 0.05) is 37.2 Å². The lowest BCUT2D eigenvalue weighted by molar-refractivity contribution is 0.415. The topological polar surface area (TPSA) is 24.5 Å². The largest absolute Gasteiger partial charge is 0.497 e. The molecule has 2 rings (SSSR count). The van der Waals surface area contributed by atoms with Crippen LogP contribution in [0.25, 0.3) is 0 Å². The zero-order valence-electron chi connectivity index (χ0n) is 12.3. The van der Waals surface area contributed by atoms with Crippen molar-refractivity contribution >= 4 is 17.0 Å². The molecule has 4 heteroatoms. The highest BCUT2D eigenvalue weighted by Gasteiger charge is 2.02. The van der Waals surface area contributed by atoms with Gasteiger partial charge in [0.15, 0.2) is 0 Å². The Morgan fingerprint density at radius 2 is 1.95 bits per heavy atom. The van der Waals surface area contributed by atoms with Crippen LogP contribution in [-0.2, 0) is 6.54 Å². The molecule has 108 valence electrons. The fourth-order valence-electron chi connectivity index (χ4n) is 2.00. The Morgan fingerprint density at radius 1 is 1.20 bits per heavy atom. The minimum Gasteiger partial charge on any atom is -0.497 e. The second-order valence-electron chi connectivity index (χ2n) is 4.82. The fourth-order valence-corrected chi connectivity index (χ4v) is 2.88. The van der Waals surface area contributed by atoms with E-state index in [-0.39, 0.29) is 0 Å². The van der Waals surface area contributed by atoms with Crippen molar-refractivity contribution in [1.29, 1.82) is 0 Å². The van der Waals surface area contributed by atoms with Crippen LogP contribution < -0.4 is 15.0 Å². The van der Waals surface area contributed by atoms with Gasteiger partial charge in [0.05, 0.1) is 7.11 Å². The van der Waals surface area contributed by atoms with E-state index in [4.69, 9.17) is 4.74 Å². The van der Waals surface area contributed by atoms with Crippen LogP contribution in [0.3, 0.4) is 0 Å². The first-order valence-electron chi connectivity index (χ1n) is 6.79. The lowest BCUT2D eigenvalue weighted by atomic mass is 10.3. The average Bonchev–Trinajstić information content (AvgIpc) is 2.89. The van der Waals surface area contributed by atoms with E-state index < -0.39 is 0 Å². The standard InChI is InChI=1S/C16H22N2OS/c1-13-8-11-20-16(13)12-17-9-10-18(2)14-4-6-15(19-3)7-5-14/h4-8,11,17H,9-10,12H2,1-3H3. The molecule has 0 saturated heterocycles. The van der Waals surface area contributed by atoms with Gasteiger partial charge in [0.1, 0.15) is 5.75 Å². The van der Waals surface area contributed by atoms with Crippen LogP contribution in [0.1, 0.15) is 10.4 Å². The molecule has 1 N–H and O–H groups in total. The maximum atomic E-state index is 5.17. The molecule has 0 aliphatic carbocycles. The Labute approximate surface area is 125 Å². The molecule has 0 spiro atoms. The van der Waals surface area contributed by atoms with Crippen LogP contribution in [0.5, 0.6) is 5.75 Å². The first-order chi connectivity index (χ1) is 9.70. The number of rotatable bonds is 7. The average molecular weight is 290 g/mol. The summed E-state index contributed by atoms with van der Waals surface area (Å²) in [5.74, 6) is 0.897. The molecule has 0 fully saturated rings. The third-order valence-corrected chi connectivity index (χ3v) is 4.41. The number of methoxy groups -OCH3 is 1. The summed E-state index contributed by atoms with van der Waals surface area (Å²) >= 11 is 1.82. The molecule has 1 aromatic carbocycles. The number of hydrogen-bond acceptors (Lipinski definition) is 4. The van der Waals surface area contributed by atoms with Crippen LogP contribution in [0.4, 0.5) is 5.69 Å². The molecular weight excluding hydrogens is 268 g/mol. The number of nitrogens with one attached hydrogen (secondary N) is 1. The molecule has 0 aliphatic rings. The summed E-state index contributed by atoms with van der Waals surface area (Å²) in [6.07, 6.45) is 0. The highest BCUT2D eigenvalue weighted by Crippen LogP contribution is 2.18. The first kappa shape index (κ1) is 14.9. The summed E-state index contributed by atoms with van der Waals surface area (Å²) in [6, 6.07) is 10.3. The van der Waals surface area contributed by atoms with E-state index in [1.165, 1.54) is 16.1 Å². The summed E-state index contributed by atoms with van der Waals surface area (Å²) in [5.41, 5.74) is 2.59. The third-order valence-electron chi connectivity index (χ3n) is 3.39. The monoisotopic (exact) mass is 290 g/mol. The van der Waals surface area contributed by atoms with E-state index in [9.17, 15) is 0 Å². The van der Waals surface area contributed by atoms with Crippen molar-refractivity contribution in [3.8, 4) is 5.75 Å². The van der Waals surface area contributed by atoms with Crippen LogP contribution >= 0.6 is 11.3 Å². The van der Waals surface area contributed by atoms with E-state index in [0.717, 1.165) is 25.4 Å². The molecule has 0 saturated carbocycles. The Kier molecular flexibility index (Phi) is 5.44. The Hall–Kier alpha value is -1.52. The predicted octanol–water partition coefficient (Wildman–Crippen LogP) is 3.29. The van der Waals surface area contributed by atoms with Crippen LogP contribution in [0.2, 0.25) is 0 Å². The molecule has 0 radical (unpaired) electrons. The highest BCUT2D eigenvalue weighted by atomic mass is 32.1. The van der Waals surface area contributed by atoms with Crippen LogP contribution in [0, 0.1) is 6.92 Å². The Morgan fingerprint density at radius 3 is 2.55 bits per heavy atom. The zero-order valence-corrected chi connectivity index (χ0v) is 13.2. The number of nitrogens with zero attached hydrogens (tertiary/aromatic N) is 1. The minimum atomic E-state index is 0.897. The third kappa shape index (κ3) is 3.99. The summed E-state index contributed by atoms with van der Waals surface area (Å²) < 4.78 is 5.17. The highest BCUT2D eigenvalue weighted by molar-refractivity contribution is 7.10. The van der Waals surface area contributed by atoms with Gasteiger partial charge in [-0.3, -0.25) is 0 Å². The number of likely N-dealkylation sites (N-methyl/N-ethyl adjacent to an activating group) is 1. The van der Waals surface area contributed by atoms with E-state index in [2.05, 4.69) is 47.8 Å². The molecule has 0 unspecified atom stereocenters. The Balaban J connectivity index is 1.74. The molecule has 1 aromatic heterocycles. The van der Waals surface area contributed by atoms with E-state index in [1.54, 1.807) is 7.11 Å². The van der Waals surface area contributed by atoms with E-state index >= 15 is 0 Å². The number of hydrogen-bond donors (Lipinski definition) is 1. The fraction of sp³-hybridized carbons (Fsp3) is 0.375. The molecule has 20 heavy (non-hydrogen) atoms.